The average Bonchev–Trinajstić information content (AvgIpc) is 2.90. The predicted molar refractivity (Wildman–Crippen MR) is 94.0 cm³/mol. The van der Waals surface area contributed by atoms with Gasteiger partial charge in [0.2, 0.25) is 5.91 Å². The first kappa shape index (κ1) is 19.7. The van der Waals surface area contributed by atoms with Gasteiger partial charge in [-0.25, -0.2) is 0 Å². The number of carbonyl (C=O) groups is 1. The van der Waals surface area contributed by atoms with E-state index in [-0.39, 0.29) is 34.7 Å². The number of non-ortho nitro benzene ring substituents is 1. The number of nitrogens with zero attached hydrogens (tertiary/aromatic N) is 2. The van der Waals surface area contributed by atoms with Crippen LogP contribution in [0.15, 0.2) is 29.2 Å². The fraction of sp³-hybridized carbons (Fsp3) is 0.533. The molecule has 0 aromatic heterocycles. The molecule has 23 heavy (non-hydrogen) atoms. The molecule has 1 aromatic rings. The summed E-state index contributed by atoms with van der Waals surface area (Å²) in [5, 5.41) is 10.4. The molecule has 1 saturated heterocycles. The normalized spacial score (nSPS) is 21.6. The number of nitrogens with two attached hydrogens (primary N) is 1. The Labute approximate surface area is 146 Å². The zero-order valence-corrected chi connectivity index (χ0v) is 14.9. The first-order valence-electron chi connectivity index (χ1n) is 7.25. The second kappa shape index (κ2) is 7.99. The molecule has 1 aromatic carbocycles. The summed E-state index contributed by atoms with van der Waals surface area (Å²) < 4.78 is 0. The van der Waals surface area contributed by atoms with E-state index in [4.69, 9.17) is 5.73 Å². The molecule has 2 atom stereocenters. The second-order valence-corrected chi connectivity index (χ2v) is 7.45. The molecule has 0 saturated carbocycles. The highest BCUT2D eigenvalue weighted by molar-refractivity contribution is 8.00. The van der Waals surface area contributed by atoms with Gasteiger partial charge in [-0.3, -0.25) is 14.9 Å². The van der Waals surface area contributed by atoms with Crippen molar-refractivity contribution in [3.05, 3.63) is 34.4 Å². The number of hydrogen-bond acceptors (Lipinski definition) is 5. The van der Waals surface area contributed by atoms with Crippen LogP contribution in [0.3, 0.4) is 0 Å². The maximum absolute atomic E-state index is 12.5. The minimum absolute atomic E-state index is 0. The number of likely N-dealkylation sites (tertiary alicyclic amines) is 1. The zero-order valence-electron chi connectivity index (χ0n) is 13.2. The van der Waals surface area contributed by atoms with Gasteiger partial charge in [0.25, 0.3) is 5.69 Å². The third kappa shape index (κ3) is 4.83. The zero-order chi connectivity index (χ0) is 16.3. The Morgan fingerprint density at radius 1 is 1.48 bits per heavy atom. The Kier molecular flexibility index (Phi) is 6.85. The van der Waals surface area contributed by atoms with Crippen molar-refractivity contribution in [2.45, 2.75) is 30.4 Å². The lowest BCUT2D eigenvalue weighted by atomic mass is 9.90. The Bertz CT molecular complexity index is 570. The number of halogens is 1. The van der Waals surface area contributed by atoms with Crippen molar-refractivity contribution in [2.75, 3.05) is 19.6 Å². The van der Waals surface area contributed by atoms with Crippen LogP contribution in [0, 0.1) is 15.5 Å². The number of rotatable bonds is 5. The molecule has 1 aliphatic rings. The topological polar surface area (TPSA) is 89.5 Å². The quantitative estimate of drug-likeness (QED) is 0.496. The summed E-state index contributed by atoms with van der Waals surface area (Å²) in [6.45, 7) is 6.01. The minimum Gasteiger partial charge on any atom is -0.341 e. The highest BCUT2D eigenvalue weighted by atomic mass is 35.5. The molecule has 2 rings (SSSR count). The Balaban J connectivity index is 0.00000264. The van der Waals surface area contributed by atoms with Crippen molar-refractivity contribution in [3.8, 4) is 0 Å². The van der Waals surface area contributed by atoms with E-state index in [0.29, 0.717) is 13.1 Å². The molecule has 2 N–H and O–H groups in total. The smallest absolute Gasteiger partial charge is 0.269 e. The number of nitro benzene ring substituents is 1. The van der Waals surface area contributed by atoms with Gasteiger partial charge in [0.15, 0.2) is 0 Å². The second-order valence-electron chi connectivity index (χ2n) is 6.04. The van der Waals surface area contributed by atoms with Gasteiger partial charge < -0.3 is 10.6 Å². The van der Waals surface area contributed by atoms with E-state index in [0.717, 1.165) is 17.9 Å². The van der Waals surface area contributed by atoms with Gasteiger partial charge >= 0.3 is 0 Å². The molecule has 0 aliphatic carbocycles. The Morgan fingerprint density at radius 2 is 2.09 bits per heavy atom. The van der Waals surface area contributed by atoms with Crippen molar-refractivity contribution in [1.82, 2.24) is 4.90 Å². The van der Waals surface area contributed by atoms with Crippen LogP contribution < -0.4 is 5.73 Å². The maximum Gasteiger partial charge on any atom is 0.269 e. The third-order valence-corrected chi connectivity index (χ3v) is 5.17. The van der Waals surface area contributed by atoms with Gasteiger partial charge in [0.05, 0.1) is 10.2 Å². The number of thioether (sulfide) groups is 1. The van der Waals surface area contributed by atoms with E-state index < -0.39 is 4.92 Å². The van der Waals surface area contributed by atoms with Crippen LogP contribution in [0.25, 0.3) is 0 Å². The van der Waals surface area contributed by atoms with Gasteiger partial charge in [-0.2, -0.15) is 0 Å². The Morgan fingerprint density at radius 3 is 2.57 bits per heavy atom. The first-order valence-corrected chi connectivity index (χ1v) is 8.12. The number of carbonyl (C=O) groups excluding carboxylic acids is 1. The van der Waals surface area contributed by atoms with Crippen LogP contribution in [0.1, 0.15) is 20.3 Å². The van der Waals surface area contributed by atoms with Gasteiger partial charge in [0.1, 0.15) is 0 Å². The van der Waals surface area contributed by atoms with Crippen LogP contribution in [0.5, 0.6) is 0 Å². The van der Waals surface area contributed by atoms with E-state index in [1.807, 2.05) is 11.8 Å². The number of nitro groups is 1. The van der Waals surface area contributed by atoms with Crippen LogP contribution in [-0.4, -0.2) is 40.6 Å². The molecule has 1 fully saturated rings. The lowest BCUT2D eigenvalue weighted by molar-refractivity contribution is -0.384. The van der Waals surface area contributed by atoms with E-state index in [2.05, 4.69) is 6.92 Å². The number of benzene rings is 1. The van der Waals surface area contributed by atoms with Crippen molar-refractivity contribution in [2.24, 2.45) is 11.1 Å². The molecule has 8 heteroatoms. The summed E-state index contributed by atoms with van der Waals surface area (Å²) in [6, 6.07) is 6.28. The van der Waals surface area contributed by atoms with Crippen molar-refractivity contribution >= 4 is 35.8 Å². The lowest BCUT2D eigenvalue weighted by Gasteiger charge is -2.24. The number of amides is 1. The largest absolute Gasteiger partial charge is 0.341 e. The molecule has 1 heterocycles. The standard InChI is InChI=1S/C15H21N3O3S.ClH/c1-11(14(19)17-8-7-15(2,9-16)10-17)22-13-5-3-12(4-6-13)18(20)21;/h3-6,11H,7-10,16H2,1-2H3;1H. The lowest BCUT2D eigenvalue weighted by Crippen LogP contribution is -2.38. The summed E-state index contributed by atoms with van der Waals surface area (Å²) >= 11 is 1.42. The van der Waals surface area contributed by atoms with Gasteiger partial charge in [-0.05, 0) is 37.4 Å². The summed E-state index contributed by atoms with van der Waals surface area (Å²) in [7, 11) is 0. The van der Waals surface area contributed by atoms with Crippen molar-refractivity contribution in [1.29, 1.82) is 0 Å². The molecule has 1 amide bonds. The van der Waals surface area contributed by atoms with Crippen molar-refractivity contribution < 1.29 is 9.72 Å². The fourth-order valence-electron chi connectivity index (χ4n) is 2.54. The summed E-state index contributed by atoms with van der Waals surface area (Å²) in [5.74, 6) is 0.0977. The molecular formula is C15H22ClN3O3S. The molecule has 0 spiro atoms. The molecule has 128 valence electrons. The molecule has 2 unspecified atom stereocenters. The van der Waals surface area contributed by atoms with Crippen molar-refractivity contribution in [3.63, 3.8) is 0 Å². The van der Waals surface area contributed by atoms with E-state index in [1.54, 1.807) is 12.1 Å². The van der Waals surface area contributed by atoms with E-state index in [1.165, 1.54) is 23.9 Å². The van der Waals surface area contributed by atoms with Gasteiger partial charge in [-0.15, -0.1) is 24.2 Å². The third-order valence-electron chi connectivity index (χ3n) is 4.07. The van der Waals surface area contributed by atoms with E-state index in [9.17, 15) is 14.9 Å². The fourth-order valence-corrected chi connectivity index (χ4v) is 3.49. The summed E-state index contributed by atoms with van der Waals surface area (Å²) in [5.41, 5.74) is 5.85. The predicted octanol–water partition coefficient (Wildman–Crippen LogP) is 2.69. The monoisotopic (exact) mass is 359 g/mol. The molecule has 0 bridgehead atoms. The maximum atomic E-state index is 12.5. The summed E-state index contributed by atoms with van der Waals surface area (Å²) in [6.07, 6.45) is 0.935. The number of hydrogen-bond donors (Lipinski definition) is 1. The first-order chi connectivity index (χ1) is 10.3. The SMILES string of the molecule is CC(Sc1ccc([N+](=O)[O-])cc1)C(=O)N1CCC(C)(CN)C1.Cl. The Hall–Kier alpha value is -1.31. The van der Waals surface area contributed by atoms with Gasteiger partial charge in [0, 0.05) is 30.1 Å². The molecule has 1 aliphatic heterocycles. The van der Waals surface area contributed by atoms with Crippen LogP contribution >= 0.6 is 24.2 Å². The van der Waals surface area contributed by atoms with Crippen LogP contribution in [-0.2, 0) is 4.79 Å². The highest BCUT2D eigenvalue weighted by Gasteiger charge is 2.36. The van der Waals surface area contributed by atoms with Crippen LogP contribution in [0.2, 0.25) is 0 Å². The molecule has 6 nitrogen and oxygen atoms in total. The summed E-state index contributed by atoms with van der Waals surface area (Å²) in [4.78, 5) is 25.4. The highest BCUT2D eigenvalue weighted by Crippen LogP contribution is 2.32. The van der Waals surface area contributed by atoms with Gasteiger partial charge in [-0.1, -0.05) is 6.92 Å². The molecule has 0 radical (unpaired) electrons. The van der Waals surface area contributed by atoms with E-state index >= 15 is 0 Å². The van der Waals surface area contributed by atoms with Crippen LogP contribution in [0.4, 0.5) is 5.69 Å². The average molecular weight is 360 g/mol. The minimum atomic E-state index is -0.430. The molecular weight excluding hydrogens is 338 g/mol.